The number of hydrogen-bond donors (Lipinski definition) is 1. The molecular formula is C15H19F2NO. The zero-order chi connectivity index (χ0) is 13.5. The largest absolute Gasteiger partial charge is 0.493 e. The summed E-state index contributed by atoms with van der Waals surface area (Å²) in [4.78, 5) is 0. The van der Waals surface area contributed by atoms with Crippen LogP contribution in [0.15, 0.2) is 18.2 Å². The lowest BCUT2D eigenvalue weighted by Gasteiger charge is -2.40. The van der Waals surface area contributed by atoms with Crippen molar-refractivity contribution in [1.29, 1.82) is 0 Å². The van der Waals surface area contributed by atoms with Crippen LogP contribution in [-0.2, 0) is 11.8 Å². The maximum absolute atomic E-state index is 13.4. The highest BCUT2D eigenvalue weighted by Crippen LogP contribution is 2.48. The maximum atomic E-state index is 13.4. The SMILES string of the molecule is NCC1(c2cccc3c2OCC3)CCC(F)(F)CC1. The molecule has 1 fully saturated rings. The van der Waals surface area contributed by atoms with Gasteiger partial charge in [0.25, 0.3) is 0 Å². The highest BCUT2D eigenvalue weighted by Gasteiger charge is 2.45. The van der Waals surface area contributed by atoms with Crippen molar-refractivity contribution < 1.29 is 13.5 Å². The number of fused-ring (bicyclic) bond motifs is 1. The van der Waals surface area contributed by atoms with Crippen LogP contribution in [0.3, 0.4) is 0 Å². The van der Waals surface area contributed by atoms with Gasteiger partial charge in [0.1, 0.15) is 5.75 Å². The number of nitrogens with two attached hydrogens (primary N) is 1. The quantitative estimate of drug-likeness (QED) is 0.894. The Kier molecular flexibility index (Phi) is 3.01. The average molecular weight is 267 g/mol. The van der Waals surface area contributed by atoms with Crippen LogP contribution in [0.25, 0.3) is 0 Å². The van der Waals surface area contributed by atoms with Crippen molar-refractivity contribution >= 4 is 0 Å². The molecule has 0 radical (unpaired) electrons. The lowest BCUT2D eigenvalue weighted by atomic mass is 9.68. The first kappa shape index (κ1) is 12.9. The minimum atomic E-state index is -2.53. The van der Waals surface area contributed by atoms with Crippen molar-refractivity contribution in [3.05, 3.63) is 29.3 Å². The van der Waals surface area contributed by atoms with Crippen LogP contribution < -0.4 is 10.5 Å². The third-order valence-corrected chi connectivity index (χ3v) is 4.62. The van der Waals surface area contributed by atoms with Gasteiger partial charge in [0.15, 0.2) is 0 Å². The minimum Gasteiger partial charge on any atom is -0.493 e. The molecule has 0 bridgehead atoms. The fraction of sp³-hybridized carbons (Fsp3) is 0.600. The van der Waals surface area contributed by atoms with Crippen molar-refractivity contribution in [3.63, 3.8) is 0 Å². The molecule has 0 aromatic heterocycles. The van der Waals surface area contributed by atoms with Gasteiger partial charge in [-0.2, -0.15) is 0 Å². The van der Waals surface area contributed by atoms with Gasteiger partial charge in [-0.25, -0.2) is 8.78 Å². The molecule has 2 nitrogen and oxygen atoms in total. The first-order valence-corrected chi connectivity index (χ1v) is 6.89. The second-order valence-electron chi connectivity index (χ2n) is 5.73. The van der Waals surface area contributed by atoms with Gasteiger partial charge >= 0.3 is 0 Å². The fourth-order valence-corrected chi connectivity index (χ4v) is 3.31. The summed E-state index contributed by atoms with van der Waals surface area (Å²) >= 11 is 0. The number of halogens is 2. The number of alkyl halides is 2. The zero-order valence-corrected chi connectivity index (χ0v) is 10.9. The molecule has 1 aromatic rings. The molecule has 19 heavy (non-hydrogen) atoms. The Bertz CT molecular complexity index is 477. The highest BCUT2D eigenvalue weighted by molar-refractivity contribution is 5.48. The lowest BCUT2D eigenvalue weighted by molar-refractivity contribution is -0.0511. The van der Waals surface area contributed by atoms with Crippen molar-refractivity contribution in [3.8, 4) is 5.75 Å². The van der Waals surface area contributed by atoms with E-state index in [1.54, 1.807) is 0 Å². The van der Waals surface area contributed by atoms with Crippen molar-refractivity contribution in [1.82, 2.24) is 0 Å². The summed E-state index contributed by atoms with van der Waals surface area (Å²) in [7, 11) is 0. The van der Waals surface area contributed by atoms with Crippen molar-refractivity contribution in [2.45, 2.75) is 43.4 Å². The van der Waals surface area contributed by atoms with Gasteiger partial charge in [0, 0.05) is 36.8 Å². The standard InChI is InChI=1S/C15H19F2NO/c16-15(17)7-5-14(10-18,6-8-15)12-3-1-2-11-4-9-19-13(11)12/h1-3H,4-10,18H2. The lowest BCUT2D eigenvalue weighted by Crippen LogP contribution is -2.42. The molecule has 1 aliphatic carbocycles. The summed E-state index contributed by atoms with van der Waals surface area (Å²) in [5, 5.41) is 0. The maximum Gasteiger partial charge on any atom is 0.248 e. The topological polar surface area (TPSA) is 35.2 Å². The monoisotopic (exact) mass is 267 g/mol. The number of para-hydroxylation sites is 1. The van der Waals surface area contributed by atoms with E-state index < -0.39 is 5.92 Å². The van der Waals surface area contributed by atoms with Gasteiger partial charge in [0.2, 0.25) is 5.92 Å². The van der Waals surface area contributed by atoms with Crippen LogP contribution in [0.2, 0.25) is 0 Å². The predicted molar refractivity (Wildman–Crippen MR) is 69.8 cm³/mol. The Hall–Kier alpha value is -1.16. The number of ether oxygens (including phenoxy) is 1. The second-order valence-corrected chi connectivity index (χ2v) is 5.73. The summed E-state index contributed by atoms with van der Waals surface area (Å²) in [5.41, 5.74) is 7.84. The van der Waals surface area contributed by atoms with Gasteiger partial charge in [-0.05, 0) is 18.4 Å². The first-order chi connectivity index (χ1) is 9.06. The average Bonchev–Trinajstić information content (AvgIpc) is 2.88. The predicted octanol–water partition coefficient (Wildman–Crippen LogP) is 3.03. The van der Waals surface area contributed by atoms with Gasteiger partial charge in [-0.15, -0.1) is 0 Å². The summed E-state index contributed by atoms with van der Waals surface area (Å²) in [6.07, 6.45) is 1.63. The summed E-state index contributed by atoms with van der Waals surface area (Å²) in [6.45, 7) is 1.09. The van der Waals surface area contributed by atoms with E-state index in [2.05, 4.69) is 0 Å². The second kappa shape index (κ2) is 4.44. The molecule has 4 heteroatoms. The van der Waals surface area contributed by atoms with Gasteiger partial charge in [-0.1, -0.05) is 18.2 Å². The fourth-order valence-electron chi connectivity index (χ4n) is 3.31. The van der Waals surface area contributed by atoms with E-state index in [-0.39, 0.29) is 18.3 Å². The highest BCUT2D eigenvalue weighted by atomic mass is 19.3. The molecule has 0 unspecified atom stereocenters. The molecule has 2 aliphatic rings. The molecule has 1 heterocycles. The summed E-state index contributed by atoms with van der Waals surface area (Å²) < 4.78 is 32.5. The van der Waals surface area contributed by atoms with Crippen molar-refractivity contribution in [2.24, 2.45) is 5.73 Å². The molecule has 104 valence electrons. The molecule has 1 aromatic carbocycles. The van der Waals surface area contributed by atoms with Crippen LogP contribution in [0.4, 0.5) is 8.78 Å². The smallest absolute Gasteiger partial charge is 0.248 e. The van der Waals surface area contributed by atoms with Crippen LogP contribution in [0, 0.1) is 0 Å². The third kappa shape index (κ3) is 2.12. The molecule has 3 rings (SSSR count). The Balaban J connectivity index is 1.98. The molecule has 0 atom stereocenters. The zero-order valence-electron chi connectivity index (χ0n) is 10.9. The van der Waals surface area contributed by atoms with Gasteiger partial charge in [0.05, 0.1) is 6.61 Å². The van der Waals surface area contributed by atoms with E-state index in [9.17, 15) is 8.78 Å². The Morgan fingerprint density at radius 3 is 2.58 bits per heavy atom. The normalized spacial score (nSPS) is 23.7. The molecule has 0 saturated heterocycles. The first-order valence-electron chi connectivity index (χ1n) is 6.89. The number of benzene rings is 1. The van der Waals surface area contributed by atoms with E-state index in [1.807, 2.05) is 18.2 Å². The summed E-state index contributed by atoms with van der Waals surface area (Å²) in [5.74, 6) is -1.63. The molecule has 1 saturated carbocycles. The molecule has 1 aliphatic heterocycles. The van der Waals surface area contributed by atoms with Crippen LogP contribution in [0.1, 0.15) is 36.8 Å². The van der Waals surface area contributed by atoms with Gasteiger partial charge in [-0.3, -0.25) is 0 Å². The molecule has 0 amide bonds. The Labute approximate surface area is 111 Å². The summed E-state index contributed by atoms with van der Waals surface area (Å²) in [6, 6.07) is 6.04. The van der Waals surface area contributed by atoms with Crippen molar-refractivity contribution in [2.75, 3.05) is 13.2 Å². The van der Waals surface area contributed by atoms with Crippen LogP contribution >= 0.6 is 0 Å². The van der Waals surface area contributed by atoms with E-state index >= 15 is 0 Å². The van der Waals surface area contributed by atoms with Crippen LogP contribution in [-0.4, -0.2) is 19.1 Å². The molecular weight excluding hydrogens is 248 g/mol. The molecule has 0 spiro atoms. The Morgan fingerprint density at radius 1 is 1.16 bits per heavy atom. The number of hydrogen-bond acceptors (Lipinski definition) is 2. The van der Waals surface area contributed by atoms with E-state index in [0.29, 0.717) is 26.0 Å². The van der Waals surface area contributed by atoms with E-state index in [0.717, 1.165) is 17.7 Å². The molecule has 2 N–H and O–H groups in total. The van der Waals surface area contributed by atoms with Crippen LogP contribution in [0.5, 0.6) is 5.75 Å². The number of rotatable bonds is 2. The van der Waals surface area contributed by atoms with E-state index in [4.69, 9.17) is 10.5 Å². The Morgan fingerprint density at radius 2 is 1.89 bits per heavy atom. The van der Waals surface area contributed by atoms with E-state index in [1.165, 1.54) is 5.56 Å². The third-order valence-electron chi connectivity index (χ3n) is 4.62. The van der Waals surface area contributed by atoms with Gasteiger partial charge < -0.3 is 10.5 Å². The minimum absolute atomic E-state index is 0.0755.